The van der Waals surface area contributed by atoms with Gasteiger partial charge in [-0.2, -0.15) is 0 Å². The Morgan fingerprint density at radius 1 is 0.415 bits per heavy atom. The van der Waals surface area contributed by atoms with Crippen molar-refractivity contribution in [2.24, 2.45) is 17.8 Å². The second-order valence-electron chi connectivity index (χ2n) is 18.5. The van der Waals surface area contributed by atoms with Crippen molar-refractivity contribution < 1.29 is 0 Å². The van der Waals surface area contributed by atoms with Crippen LogP contribution in [0.1, 0.15) is 94.0 Å². The van der Waals surface area contributed by atoms with E-state index in [1.165, 1.54) is 111 Å². The quantitative estimate of drug-likeness (QED) is 0.174. The van der Waals surface area contributed by atoms with Gasteiger partial charge >= 0.3 is 0 Å². The van der Waals surface area contributed by atoms with Gasteiger partial charge in [-0.1, -0.05) is 119 Å². The number of fused-ring (bicyclic) bond motifs is 6. The Bertz CT molecular complexity index is 2390. The van der Waals surface area contributed by atoms with Gasteiger partial charge in [-0.3, -0.25) is 0 Å². The summed E-state index contributed by atoms with van der Waals surface area (Å²) in [6.07, 6.45) is 8.64. The maximum atomic E-state index is 2.50. The third kappa shape index (κ3) is 4.62. The Labute approximate surface area is 315 Å². The molecule has 0 spiro atoms. The fourth-order valence-electron chi connectivity index (χ4n) is 12.4. The van der Waals surface area contributed by atoms with Gasteiger partial charge in [-0.25, -0.2) is 0 Å². The Morgan fingerprint density at radius 3 is 1.42 bits per heavy atom. The van der Waals surface area contributed by atoms with Gasteiger partial charge in [0.25, 0.3) is 0 Å². The molecule has 4 fully saturated rings. The normalized spacial score (nSPS) is 24.7. The topological polar surface area (TPSA) is 3.24 Å². The molecule has 0 heterocycles. The standard InChI is InChI=1S/C52H49N/c1-50(2)46-11-7-5-9-42(46)44-23-15-37(28-48(44)50)36-13-18-39(19-14-36)53(41-22-24-45-43-10-6-8-12-47(43)51(3,4)49(45)29-41)40-20-16-38(17-21-40)52-30-33-25-34(31-52)27-35(26-33)32-52/h5-24,28-29,33-35H,25-27,30-32H2,1-4H3. The predicted octanol–water partition coefficient (Wildman–Crippen LogP) is 13.9. The molecule has 0 N–H and O–H groups in total. The van der Waals surface area contributed by atoms with Crippen molar-refractivity contribution in [3.05, 3.63) is 161 Å². The van der Waals surface area contributed by atoms with Gasteiger partial charge in [0, 0.05) is 27.9 Å². The molecular weight excluding hydrogens is 639 g/mol. The van der Waals surface area contributed by atoms with E-state index in [4.69, 9.17) is 0 Å². The van der Waals surface area contributed by atoms with E-state index < -0.39 is 0 Å². The molecule has 53 heavy (non-hydrogen) atoms. The molecular formula is C52H49N. The van der Waals surface area contributed by atoms with Crippen molar-refractivity contribution in [3.8, 4) is 33.4 Å². The summed E-state index contributed by atoms with van der Waals surface area (Å²) in [6, 6.07) is 51.3. The lowest BCUT2D eigenvalue weighted by Crippen LogP contribution is -2.48. The molecule has 0 saturated heterocycles. The highest BCUT2D eigenvalue weighted by atomic mass is 15.1. The van der Waals surface area contributed by atoms with E-state index in [1.54, 1.807) is 5.56 Å². The second-order valence-corrected chi connectivity index (χ2v) is 18.5. The van der Waals surface area contributed by atoms with Crippen molar-refractivity contribution in [3.63, 3.8) is 0 Å². The summed E-state index contributed by atoms with van der Waals surface area (Å²) in [5.74, 6) is 2.84. The van der Waals surface area contributed by atoms with E-state index in [-0.39, 0.29) is 10.8 Å². The Morgan fingerprint density at radius 2 is 0.849 bits per heavy atom. The van der Waals surface area contributed by atoms with Crippen LogP contribution in [0.2, 0.25) is 0 Å². The van der Waals surface area contributed by atoms with E-state index in [2.05, 4.69) is 166 Å². The van der Waals surface area contributed by atoms with E-state index in [0.717, 1.165) is 17.8 Å². The highest BCUT2D eigenvalue weighted by Gasteiger charge is 2.51. The highest BCUT2D eigenvalue weighted by molar-refractivity contribution is 5.87. The number of nitrogens with zero attached hydrogens (tertiary/aromatic N) is 1. The fraction of sp³-hybridized carbons (Fsp3) is 0.308. The molecule has 6 aliphatic rings. The fourth-order valence-corrected chi connectivity index (χ4v) is 12.4. The molecule has 1 heteroatoms. The van der Waals surface area contributed by atoms with Crippen molar-refractivity contribution in [2.45, 2.75) is 82.5 Å². The number of benzene rings is 6. The molecule has 0 aromatic heterocycles. The smallest absolute Gasteiger partial charge is 0.0465 e. The van der Waals surface area contributed by atoms with Crippen LogP contribution in [0.3, 0.4) is 0 Å². The minimum Gasteiger partial charge on any atom is -0.310 e. The van der Waals surface area contributed by atoms with Crippen LogP contribution in [0.4, 0.5) is 17.1 Å². The van der Waals surface area contributed by atoms with Crippen LogP contribution in [0.5, 0.6) is 0 Å². The maximum Gasteiger partial charge on any atom is 0.0465 e. The SMILES string of the molecule is CC1(C)c2ccccc2-c2ccc(-c3ccc(N(c4ccc(C56CC7CC(CC(C7)C5)C6)cc4)c4ccc5c(c4)C(C)(C)c4ccccc4-5)cc3)cc21. The Kier molecular flexibility index (Phi) is 6.61. The first-order chi connectivity index (χ1) is 25.7. The summed E-state index contributed by atoms with van der Waals surface area (Å²) in [4.78, 5) is 2.50. The largest absolute Gasteiger partial charge is 0.310 e. The van der Waals surface area contributed by atoms with Gasteiger partial charge in [-0.15, -0.1) is 0 Å². The zero-order chi connectivity index (χ0) is 35.7. The van der Waals surface area contributed by atoms with Crippen molar-refractivity contribution in [1.29, 1.82) is 0 Å². The molecule has 0 atom stereocenters. The molecule has 0 aliphatic heterocycles. The van der Waals surface area contributed by atoms with Gasteiger partial charge in [0.2, 0.25) is 0 Å². The molecule has 262 valence electrons. The predicted molar refractivity (Wildman–Crippen MR) is 222 cm³/mol. The number of rotatable bonds is 5. The molecule has 4 bridgehead atoms. The Hall–Kier alpha value is -4.88. The van der Waals surface area contributed by atoms with E-state index >= 15 is 0 Å². The van der Waals surface area contributed by atoms with Crippen LogP contribution < -0.4 is 4.90 Å². The summed E-state index contributed by atoms with van der Waals surface area (Å²) in [7, 11) is 0. The van der Waals surface area contributed by atoms with Crippen molar-refractivity contribution in [2.75, 3.05) is 4.90 Å². The Balaban J connectivity index is 0.986. The van der Waals surface area contributed by atoms with Gasteiger partial charge in [-0.05, 0) is 165 Å². The molecule has 0 unspecified atom stereocenters. The van der Waals surface area contributed by atoms with Gasteiger partial charge in [0.15, 0.2) is 0 Å². The van der Waals surface area contributed by atoms with Gasteiger partial charge < -0.3 is 4.90 Å². The van der Waals surface area contributed by atoms with Crippen LogP contribution >= 0.6 is 0 Å². The van der Waals surface area contributed by atoms with Crippen LogP contribution in [0.25, 0.3) is 33.4 Å². The van der Waals surface area contributed by atoms with Crippen LogP contribution in [0.15, 0.2) is 133 Å². The first kappa shape index (κ1) is 31.6. The molecule has 0 amide bonds. The summed E-state index contributed by atoms with van der Waals surface area (Å²) in [5.41, 5.74) is 19.2. The third-order valence-corrected chi connectivity index (χ3v) is 14.6. The molecule has 4 saturated carbocycles. The number of hydrogen-bond donors (Lipinski definition) is 0. The van der Waals surface area contributed by atoms with Gasteiger partial charge in [0.1, 0.15) is 0 Å². The summed E-state index contributed by atoms with van der Waals surface area (Å²) in [5, 5.41) is 0. The average molecular weight is 688 g/mol. The lowest BCUT2D eigenvalue weighted by molar-refractivity contribution is -0.00518. The monoisotopic (exact) mass is 687 g/mol. The molecule has 1 nitrogen and oxygen atoms in total. The van der Waals surface area contributed by atoms with Crippen molar-refractivity contribution in [1.82, 2.24) is 0 Å². The second kappa shape index (κ2) is 11.1. The average Bonchev–Trinajstić information content (AvgIpc) is 3.54. The summed E-state index contributed by atoms with van der Waals surface area (Å²) < 4.78 is 0. The molecule has 6 aliphatic carbocycles. The van der Waals surface area contributed by atoms with E-state index in [9.17, 15) is 0 Å². The minimum absolute atomic E-state index is 0.0119. The zero-order valence-electron chi connectivity index (χ0n) is 31.6. The highest BCUT2D eigenvalue weighted by Crippen LogP contribution is 2.61. The summed E-state index contributed by atoms with van der Waals surface area (Å²) >= 11 is 0. The third-order valence-electron chi connectivity index (χ3n) is 14.6. The molecule has 6 aromatic carbocycles. The maximum absolute atomic E-state index is 2.50. The number of anilines is 3. The van der Waals surface area contributed by atoms with E-state index in [1.807, 2.05) is 0 Å². The zero-order valence-corrected chi connectivity index (χ0v) is 31.6. The summed E-state index contributed by atoms with van der Waals surface area (Å²) in [6.45, 7) is 9.51. The first-order valence-corrected chi connectivity index (χ1v) is 20.2. The first-order valence-electron chi connectivity index (χ1n) is 20.2. The molecule has 12 rings (SSSR count). The van der Waals surface area contributed by atoms with Crippen molar-refractivity contribution >= 4 is 17.1 Å². The lowest BCUT2D eigenvalue weighted by atomic mass is 9.48. The van der Waals surface area contributed by atoms with Crippen LogP contribution in [0, 0.1) is 17.8 Å². The molecule has 6 aromatic rings. The minimum atomic E-state index is -0.0547. The lowest BCUT2D eigenvalue weighted by Gasteiger charge is -2.57. The number of hydrogen-bond acceptors (Lipinski definition) is 1. The molecule has 0 radical (unpaired) electrons. The van der Waals surface area contributed by atoms with Crippen LogP contribution in [-0.2, 0) is 16.2 Å². The van der Waals surface area contributed by atoms with E-state index in [0.29, 0.717) is 5.41 Å². The van der Waals surface area contributed by atoms with Gasteiger partial charge in [0.05, 0.1) is 0 Å². The van der Waals surface area contributed by atoms with Crippen LogP contribution in [-0.4, -0.2) is 0 Å².